The zero-order chi connectivity index (χ0) is 21.5. The van der Waals surface area contributed by atoms with Gasteiger partial charge in [0.15, 0.2) is 5.82 Å². The number of H-pyrrole nitrogens is 1. The summed E-state index contributed by atoms with van der Waals surface area (Å²) in [4.78, 5) is 29.3. The molecule has 156 valence electrons. The molecule has 4 heterocycles. The van der Waals surface area contributed by atoms with Crippen molar-refractivity contribution < 1.29 is 4.79 Å². The van der Waals surface area contributed by atoms with E-state index in [1.54, 1.807) is 18.0 Å². The van der Waals surface area contributed by atoms with E-state index in [0.717, 1.165) is 29.6 Å². The molecule has 31 heavy (non-hydrogen) atoms. The Labute approximate surface area is 185 Å². The summed E-state index contributed by atoms with van der Waals surface area (Å²) in [5.41, 5.74) is 4.74. The molecule has 0 unspecified atom stereocenters. The van der Waals surface area contributed by atoms with Crippen LogP contribution >= 0.6 is 11.6 Å². The van der Waals surface area contributed by atoms with Crippen LogP contribution in [0.5, 0.6) is 0 Å². The van der Waals surface area contributed by atoms with Crippen LogP contribution in [0.4, 0.5) is 17.3 Å². The van der Waals surface area contributed by atoms with Gasteiger partial charge in [-0.1, -0.05) is 23.7 Å². The Morgan fingerprint density at radius 1 is 1.10 bits per heavy atom. The highest BCUT2D eigenvalue weighted by molar-refractivity contribution is 6.29. The number of hydrogen-bond acceptors (Lipinski definition) is 4. The Kier molecular flexibility index (Phi) is 4.87. The van der Waals surface area contributed by atoms with Gasteiger partial charge < -0.3 is 14.8 Å². The fraction of sp³-hybridized carbons (Fsp3) is 0.208. The Bertz CT molecular complexity index is 1300. The zero-order valence-electron chi connectivity index (χ0n) is 17.4. The summed E-state index contributed by atoms with van der Waals surface area (Å²) in [5, 5.41) is 1.62. The van der Waals surface area contributed by atoms with Crippen LogP contribution < -0.4 is 9.80 Å². The quantitative estimate of drug-likeness (QED) is 0.454. The van der Waals surface area contributed by atoms with Gasteiger partial charge in [0, 0.05) is 36.9 Å². The van der Waals surface area contributed by atoms with Gasteiger partial charge in [-0.15, -0.1) is 0 Å². The normalized spacial score (nSPS) is 13.3. The number of rotatable bonds is 4. The highest BCUT2D eigenvalue weighted by atomic mass is 35.5. The molecule has 5 rings (SSSR count). The van der Waals surface area contributed by atoms with Crippen molar-refractivity contribution >= 4 is 45.7 Å². The number of aryl methyl sites for hydroxylation is 2. The highest BCUT2D eigenvalue weighted by Gasteiger charge is 2.30. The van der Waals surface area contributed by atoms with Gasteiger partial charge in [0.2, 0.25) is 0 Å². The van der Waals surface area contributed by atoms with Crippen LogP contribution in [0.15, 0.2) is 54.9 Å². The lowest BCUT2D eigenvalue weighted by molar-refractivity contribution is 0.0994. The molecule has 0 atom stereocenters. The molecule has 1 N–H and O–H groups in total. The van der Waals surface area contributed by atoms with Crippen molar-refractivity contribution in [3.63, 3.8) is 0 Å². The maximum absolute atomic E-state index is 13.3. The first-order valence-electron chi connectivity index (χ1n) is 10.3. The van der Waals surface area contributed by atoms with Crippen LogP contribution in [0.1, 0.15) is 28.4 Å². The maximum Gasteiger partial charge on any atom is 0.261 e. The molecule has 0 spiro atoms. The molecule has 0 bridgehead atoms. The first kappa shape index (κ1) is 19.6. The van der Waals surface area contributed by atoms with Gasteiger partial charge in [0.05, 0.1) is 11.3 Å². The first-order valence-corrected chi connectivity index (χ1v) is 10.7. The summed E-state index contributed by atoms with van der Waals surface area (Å²) >= 11 is 6.16. The van der Waals surface area contributed by atoms with Gasteiger partial charge in [0.25, 0.3) is 5.91 Å². The molecular weight excluding hydrogens is 410 g/mol. The fourth-order valence-corrected chi connectivity index (χ4v) is 4.37. The third-order valence-electron chi connectivity index (χ3n) is 5.84. The van der Waals surface area contributed by atoms with Crippen molar-refractivity contribution in [2.75, 3.05) is 23.4 Å². The molecule has 1 aliphatic heterocycles. The van der Waals surface area contributed by atoms with Gasteiger partial charge in [-0.05, 0) is 61.2 Å². The lowest BCUT2D eigenvalue weighted by Crippen LogP contribution is -2.25. The van der Waals surface area contributed by atoms with Gasteiger partial charge in [-0.25, -0.2) is 9.97 Å². The van der Waals surface area contributed by atoms with E-state index in [1.165, 1.54) is 10.9 Å². The van der Waals surface area contributed by atoms with E-state index in [9.17, 15) is 4.79 Å². The average Bonchev–Trinajstić information content (AvgIpc) is 3.25. The van der Waals surface area contributed by atoms with Crippen molar-refractivity contribution in [3.8, 4) is 0 Å². The van der Waals surface area contributed by atoms with E-state index in [1.807, 2.05) is 36.4 Å². The van der Waals surface area contributed by atoms with Crippen molar-refractivity contribution in [1.82, 2.24) is 15.0 Å². The zero-order valence-corrected chi connectivity index (χ0v) is 18.1. The second-order valence-corrected chi connectivity index (χ2v) is 8.04. The Morgan fingerprint density at radius 3 is 2.81 bits per heavy atom. The fourth-order valence-electron chi connectivity index (χ4n) is 4.23. The third-order valence-corrected chi connectivity index (χ3v) is 6.05. The number of anilines is 3. The number of carbonyl (C=O) groups is 1. The minimum atomic E-state index is -0.0987. The number of aromatic nitrogens is 3. The summed E-state index contributed by atoms with van der Waals surface area (Å²) in [6.45, 7) is 2.63. The van der Waals surface area contributed by atoms with E-state index in [-0.39, 0.29) is 5.91 Å². The molecule has 1 aromatic carbocycles. The molecule has 0 fully saturated rings. The van der Waals surface area contributed by atoms with Crippen LogP contribution in [-0.4, -0.2) is 34.5 Å². The second kappa shape index (κ2) is 7.71. The third kappa shape index (κ3) is 3.33. The Balaban J connectivity index is 1.51. The molecule has 4 aromatic rings. The minimum absolute atomic E-state index is 0.0987. The standard InChI is InChI=1S/C24H22ClN5O/c1-3-30-22-18(24(31)29(2)20-9-10-21(25)28-23(20)30)13-15(14-27-22)7-8-16-5-4-6-19-17(16)11-12-26-19/h4-6,9-14,26H,3,7-8H2,1-2H3. The number of benzene rings is 1. The van der Waals surface area contributed by atoms with E-state index in [4.69, 9.17) is 16.6 Å². The monoisotopic (exact) mass is 431 g/mol. The molecule has 0 aliphatic carbocycles. The van der Waals surface area contributed by atoms with Crippen molar-refractivity contribution in [2.45, 2.75) is 19.8 Å². The minimum Gasteiger partial charge on any atom is -0.361 e. The Morgan fingerprint density at radius 2 is 1.97 bits per heavy atom. The van der Waals surface area contributed by atoms with Crippen LogP contribution in [-0.2, 0) is 12.8 Å². The van der Waals surface area contributed by atoms with Crippen LogP contribution in [0.25, 0.3) is 10.9 Å². The molecule has 0 saturated heterocycles. The van der Waals surface area contributed by atoms with E-state index < -0.39 is 0 Å². The molecule has 0 saturated carbocycles. The Hall–Kier alpha value is -3.38. The van der Waals surface area contributed by atoms with E-state index in [2.05, 4.69) is 34.2 Å². The molecule has 6 nitrogen and oxygen atoms in total. The number of pyridine rings is 2. The summed E-state index contributed by atoms with van der Waals surface area (Å²) in [5.74, 6) is 1.16. The van der Waals surface area contributed by atoms with Gasteiger partial charge in [-0.3, -0.25) is 4.79 Å². The SMILES string of the molecule is CCN1c2ncc(CCc3cccc4[nH]ccc34)cc2C(=O)N(C)c2ccc(Cl)nc21. The second-order valence-electron chi connectivity index (χ2n) is 7.66. The summed E-state index contributed by atoms with van der Waals surface area (Å²) in [6.07, 6.45) is 5.49. The number of aromatic amines is 1. The molecule has 3 aromatic heterocycles. The van der Waals surface area contributed by atoms with Crippen molar-refractivity contribution in [2.24, 2.45) is 0 Å². The molecule has 1 aliphatic rings. The number of hydrogen-bond donors (Lipinski definition) is 1. The first-order chi connectivity index (χ1) is 15.1. The number of carbonyl (C=O) groups excluding carboxylic acids is 1. The predicted octanol–water partition coefficient (Wildman–Crippen LogP) is 5.14. The summed E-state index contributed by atoms with van der Waals surface area (Å²) in [6, 6.07) is 13.9. The molecular formula is C24H22ClN5O. The number of amides is 1. The molecule has 7 heteroatoms. The van der Waals surface area contributed by atoms with Crippen LogP contribution in [0.2, 0.25) is 5.15 Å². The maximum atomic E-state index is 13.3. The number of nitrogens with zero attached hydrogens (tertiary/aromatic N) is 4. The van der Waals surface area contributed by atoms with Crippen molar-refractivity contribution in [3.05, 3.63) is 76.7 Å². The lowest BCUT2D eigenvalue weighted by atomic mass is 10.0. The highest BCUT2D eigenvalue weighted by Crippen LogP contribution is 2.38. The van der Waals surface area contributed by atoms with Crippen LogP contribution in [0.3, 0.4) is 0 Å². The van der Waals surface area contributed by atoms with Gasteiger partial charge >= 0.3 is 0 Å². The topological polar surface area (TPSA) is 65.1 Å². The predicted molar refractivity (Wildman–Crippen MR) is 125 cm³/mol. The number of fused-ring (bicyclic) bond motifs is 3. The van der Waals surface area contributed by atoms with Crippen molar-refractivity contribution in [1.29, 1.82) is 0 Å². The largest absolute Gasteiger partial charge is 0.361 e. The van der Waals surface area contributed by atoms with Crippen LogP contribution in [0, 0.1) is 0 Å². The molecule has 0 radical (unpaired) electrons. The van der Waals surface area contributed by atoms with Gasteiger partial charge in [0.1, 0.15) is 11.0 Å². The average molecular weight is 432 g/mol. The number of nitrogens with one attached hydrogen (secondary N) is 1. The van der Waals surface area contributed by atoms with E-state index in [0.29, 0.717) is 28.9 Å². The van der Waals surface area contributed by atoms with Gasteiger partial charge in [-0.2, -0.15) is 0 Å². The van der Waals surface area contributed by atoms with E-state index >= 15 is 0 Å². The summed E-state index contributed by atoms with van der Waals surface area (Å²) < 4.78 is 0. The number of halogens is 1. The molecule has 1 amide bonds. The lowest BCUT2D eigenvalue weighted by Gasteiger charge is -2.23. The summed E-state index contributed by atoms with van der Waals surface area (Å²) in [7, 11) is 1.76. The smallest absolute Gasteiger partial charge is 0.261 e.